The van der Waals surface area contributed by atoms with Crippen LogP contribution in [0, 0.1) is 5.92 Å². The Morgan fingerprint density at radius 3 is 2.55 bits per heavy atom. The molecule has 0 radical (unpaired) electrons. The largest absolute Gasteiger partial charge is 0.390 e. The second kappa shape index (κ2) is 3.03. The summed E-state index contributed by atoms with van der Waals surface area (Å²) in [5.74, 6) is -2.82. The van der Waals surface area contributed by atoms with E-state index in [-0.39, 0.29) is 25.4 Å². The van der Waals surface area contributed by atoms with Gasteiger partial charge in [0.15, 0.2) is 0 Å². The minimum absolute atomic E-state index is 0.154. The standard InChI is InChI=1S/C7H12F2O2/c1-11-4-6(10)5-2-7(8,9)3-5/h5-6,10H,2-4H2,1H3. The Kier molecular flexibility index (Phi) is 2.44. The Labute approximate surface area is 64.2 Å². The van der Waals surface area contributed by atoms with E-state index in [0.29, 0.717) is 0 Å². The number of hydrogen-bond donors (Lipinski definition) is 1. The third-order valence-corrected chi connectivity index (χ3v) is 2.00. The molecule has 1 aliphatic rings. The smallest absolute Gasteiger partial charge is 0.248 e. The number of aliphatic hydroxyl groups excluding tert-OH is 1. The van der Waals surface area contributed by atoms with Gasteiger partial charge in [0, 0.05) is 20.0 Å². The van der Waals surface area contributed by atoms with Crippen molar-refractivity contribution >= 4 is 0 Å². The van der Waals surface area contributed by atoms with Crippen molar-refractivity contribution in [1.82, 2.24) is 0 Å². The molecule has 0 heterocycles. The van der Waals surface area contributed by atoms with E-state index in [1.165, 1.54) is 7.11 Å². The lowest BCUT2D eigenvalue weighted by atomic mass is 9.78. The van der Waals surface area contributed by atoms with E-state index >= 15 is 0 Å². The van der Waals surface area contributed by atoms with Crippen LogP contribution in [-0.4, -0.2) is 30.8 Å². The maximum Gasteiger partial charge on any atom is 0.248 e. The summed E-state index contributed by atoms with van der Waals surface area (Å²) in [6, 6.07) is 0. The molecule has 1 N–H and O–H groups in total. The molecule has 0 saturated heterocycles. The van der Waals surface area contributed by atoms with Gasteiger partial charge < -0.3 is 9.84 Å². The van der Waals surface area contributed by atoms with E-state index in [2.05, 4.69) is 4.74 Å². The van der Waals surface area contributed by atoms with Gasteiger partial charge in [0.25, 0.3) is 0 Å². The van der Waals surface area contributed by atoms with Gasteiger partial charge >= 0.3 is 0 Å². The second-order valence-electron chi connectivity index (χ2n) is 3.05. The van der Waals surface area contributed by atoms with Crippen LogP contribution in [0.1, 0.15) is 12.8 Å². The maximum absolute atomic E-state index is 12.2. The van der Waals surface area contributed by atoms with E-state index in [4.69, 9.17) is 5.11 Å². The molecule has 4 heteroatoms. The third-order valence-electron chi connectivity index (χ3n) is 2.00. The highest BCUT2D eigenvalue weighted by Gasteiger charge is 2.47. The van der Waals surface area contributed by atoms with E-state index in [9.17, 15) is 8.78 Å². The van der Waals surface area contributed by atoms with Crippen LogP contribution < -0.4 is 0 Å². The first kappa shape index (κ1) is 8.87. The molecular weight excluding hydrogens is 154 g/mol. The maximum atomic E-state index is 12.2. The highest BCUT2D eigenvalue weighted by atomic mass is 19.3. The van der Waals surface area contributed by atoms with Gasteiger partial charge in [-0.3, -0.25) is 0 Å². The van der Waals surface area contributed by atoms with Gasteiger partial charge in [-0.05, 0) is 5.92 Å². The number of methoxy groups -OCH3 is 1. The SMILES string of the molecule is COCC(O)C1CC(F)(F)C1. The summed E-state index contributed by atoms with van der Waals surface area (Å²) in [6.07, 6.45) is -1.12. The minimum atomic E-state index is -2.54. The van der Waals surface area contributed by atoms with Crippen LogP contribution in [0.4, 0.5) is 8.78 Å². The van der Waals surface area contributed by atoms with Crippen LogP contribution in [0.5, 0.6) is 0 Å². The molecule has 0 aromatic carbocycles. The summed E-state index contributed by atoms with van der Waals surface area (Å²) in [6.45, 7) is 0.154. The first-order chi connectivity index (χ1) is 5.05. The van der Waals surface area contributed by atoms with Crippen LogP contribution in [0.3, 0.4) is 0 Å². The summed E-state index contributed by atoms with van der Waals surface area (Å²) < 4.78 is 29.1. The summed E-state index contributed by atoms with van der Waals surface area (Å²) in [4.78, 5) is 0. The Balaban J connectivity index is 2.21. The molecule has 11 heavy (non-hydrogen) atoms. The first-order valence-electron chi connectivity index (χ1n) is 3.60. The summed E-state index contributed by atoms with van der Waals surface area (Å²) in [5, 5.41) is 9.14. The van der Waals surface area contributed by atoms with Gasteiger partial charge in [0.05, 0.1) is 12.7 Å². The average Bonchev–Trinajstić information content (AvgIpc) is 1.83. The summed E-state index contributed by atoms with van der Waals surface area (Å²) in [7, 11) is 1.44. The molecule has 1 fully saturated rings. The molecule has 0 bridgehead atoms. The first-order valence-corrected chi connectivity index (χ1v) is 3.60. The van der Waals surface area contributed by atoms with Gasteiger partial charge in [0.1, 0.15) is 0 Å². The Morgan fingerprint density at radius 1 is 1.64 bits per heavy atom. The quantitative estimate of drug-likeness (QED) is 0.678. The number of ether oxygens (including phenoxy) is 1. The topological polar surface area (TPSA) is 29.5 Å². The zero-order chi connectivity index (χ0) is 8.48. The monoisotopic (exact) mass is 166 g/mol. The fourth-order valence-corrected chi connectivity index (χ4v) is 1.29. The number of aliphatic hydroxyl groups is 1. The number of halogens is 2. The molecule has 0 spiro atoms. The van der Waals surface area contributed by atoms with Crippen molar-refractivity contribution in [2.75, 3.05) is 13.7 Å². The van der Waals surface area contributed by atoms with Crippen molar-refractivity contribution < 1.29 is 18.6 Å². The zero-order valence-electron chi connectivity index (χ0n) is 6.39. The highest BCUT2D eigenvalue weighted by Crippen LogP contribution is 2.43. The van der Waals surface area contributed by atoms with Crippen LogP contribution in [-0.2, 0) is 4.74 Å². The molecule has 0 aromatic rings. The fourth-order valence-electron chi connectivity index (χ4n) is 1.29. The molecule has 0 amide bonds. The lowest BCUT2D eigenvalue weighted by Crippen LogP contribution is -2.43. The van der Waals surface area contributed by atoms with Crippen LogP contribution in [0.25, 0.3) is 0 Å². The molecule has 1 atom stereocenters. The molecule has 1 aliphatic carbocycles. The van der Waals surface area contributed by atoms with Crippen LogP contribution >= 0.6 is 0 Å². The fraction of sp³-hybridized carbons (Fsp3) is 1.00. The molecule has 1 rings (SSSR count). The molecule has 66 valence electrons. The third kappa shape index (κ3) is 2.10. The lowest BCUT2D eigenvalue weighted by molar-refractivity contribution is -0.149. The predicted molar refractivity (Wildman–Crippen MR) is 35.6 cm³/mol. The lowest BCUT2D eigenvalue weighted by Gasteiger charge is -2.37. The normalized spacial score (nSPS) is 26.2. The molecular formula is C7H12F2O2. The van der Waals surface area contributed by atoms with Crippen molar-refractivity contribution in [3.63, 3.8) is 0 Å². The van der Waals surface area contributed by atoms with Crippen molar-refractivity contribution in [2.24, 2.45) is 5.92 Å². The van der Waals surface area contributed by atoms with Gasteiger partial charge in [-0.1, -0.05) is 0 Å². The Hall–Kier alpha value is -0.220. The van der Waals surface area contributed by atoms with E-state index < -0.39 is 12.0 Å². The van der Waals surface area contributed by atoms with Gasteiger partial charge in [0.2, 0.25) is 5.92 Å². The van der Waals surface area contributed by atoms with Crippen molar-refractivity contribution in [1.29, 1.82) is 0 Å². The summed E-state index contributed by atoms with van der Waals surface area (Å²) >= 11 is 0. The Bertz CT molecular complexity index is 130. The minimum Gasteiger partial charge on any atom is -0.390 e. The molecule has 0 aliphatic heterocycles. The second-order valence-corrected chi connectivity index (χ2v) is 3.05. The van der Waals surface area contributed by atoms with Crippen molar-refractivity contribution in [3.8, 4) is 0 Å². The average molecular weight is 166 g/mol. The number of hydrogen-bond acceptors (Lipinski definition) is 2. The molecule has 1 unspecified atom stereocenters. The molecule has 1 saturated carbocycles. The van der Waals surface area contributed by atoms with Crippen LogP contribution in [0.2, 0.25) is 0 Å². The van der Waals surface area contributed by atoms with E-state index in [0.717, 1.165) is 0 Å². The van der Waals surface area contributed by atoms with Gasteiger partial charge in [-0.15, -0.1) is 0 Å². The summed E-state index contributed by atoms with van der Waals surface area (Å²) in [5.41, 5.74) is 0. The Morgan fingerprint density at radius 2 is 2.18 bits per heavy atom. The van der Waals surface area contributed by atoms with Gasteiger partial charge in [-0.25, -0.2) is 8.78 Å². The van der Waals surface area contributed by atoms with Crippen LogP contribution in [0.15, 0.2) is 0 Å². The van der Waals surface area contributed by atoms with E-state index in [1.54, 1.807) is 0 Å². The highest BCUT2D eigenvalue weighted by molar-refractivity contribution is 4.89. The molecule has 0 aromatic heterocycles. The zero-order valence-corrected chi connectivity index (χ0v) is 6.39. The predicted octanol–water partition coefficient (Wildman–Crippen LogP) is 1.04. The van der Waals surface area contributed by atoms with E-state index in [1.807, 2.05) is 0 Å². The number of rotatable bonds is 3. The molecule has 2 nitrogen and oxygen atoms in total. The number of alkyl halides is 2. The van der Waals surface area contributed by atoms with Crippen molar-refractivity contribution in [2.45, 2.75) is 24.9 Å². The van der Waals surface area contributed by atoms with Crippen molar-refractivity contribution in [3.05, 3.63) is 0 Å². The van der Waals surface area contributed by atoms with Gasteiger partial charge in [-0.2, -0.15) is 0 Å².